The van der Waals surface area contributed by atoms with Gasteiger partial charge in [-0.2, -0.15) is 0 Å². The Morgan fingerprint density at radius 2 is 2.00 bits per heavy atom. The molecule has 16 heavy (non-hydrogen) atoms. The van der Waals surface area contributed by atoms with Crippen LogP contribution in [0.5, 0.6) is 0 Å². The summed E-state index contributed by atoms with van der Waals surface area (Å²) in [6.45, 7) is 7.36. The Kier molecular flexibility index (Phi) is 3.81. The summed E-state index contributed by atoms with van der Waals surface area (Å²) in [6.07, 6.45) is -0.500. The maximum absolute atomic E-state index is 11.5. The summed E-state index contributed by atoms with van der Waals surface area (Å²) in [7, 11) is 0. The van der Waals surface area contributed by atoms with E-state index < -0.39 is 11.7 Å². The van der Waals surface area contributed by atoms with Crippen molar-refractivity contribution in [3.8, 4) is 0 Å². The lowest BCUT2D eigenvalue weighted by atomic mass is 10.2. The van der Waals surface area contributed by atoms with E-state index in [1.165, 1.54) is 0 Å². The number of benzene rings is 1. The molecule has 1 amide bonds. The Hall–Kier alpha value is -1.22. The quantitative estimate of drug-likeness (QED) is 0.807. The summed E-state index contributed by atoms with van der Waals surface area (Å²) < 4.78 is 5.13. The van der Waals surface area contributed by atoms with Crippen LogP contribution in [-0.2, 0) is 4.74 Å². The Bertz CT molecular complexity index is 396. The summed E-state index contributed by atoms with van der Waals surface area (Å²) in [5.74, 6) is 0. The average molecular weight is 242 g/mol. The van der Waals surface area contributed by atoms with Crippen molar-refractivity contribution < 1.29 is 9.53 Å². The van der Waals surface area contributed by atoms with E-state index >= 15 is 0 Å². The molecule has 88 valence electrons. The zero-order valence-corrected chi connectivity index (χ0v) is 10.7. The number of anilines is 1. The topological polar surface area (TPSA) is 38.3 Å². The van der Waals surface area contributed by atoms with Crippen LogP contribution in [0, 0.1) is 6.92 Å². The molecule has 1 aromatic rings. The second kappa shape index (κ2) is 4.74. The largest absolute Gasteiger partial charge is 0.444 e. The van der Waals surface area contributed by atoms with E-state index in [1.54, 1.807) is 12.1 Å². The number of carbonyl (C=O) groups excluding carboxylic acids is 1. The molecule has 0 aliphatic carbocycles. The van der Waals surface area contributed by atoms with Gasteiger partial charge in [-0.1, -0.05) is 17.7 Å². The summed E-state index contributed by atoms with van der Waals surface area (Å²) in [5.41, 5.74) is 1.08. The van der Waals surface area contributed by atoms with Gasteiger partial charge in [0.05, 0.1) is 10.7 Å². The van der Waals surface area contributed by atoms with Crippen LogP contribution in [0.1, 0.15) is 26.3 Å². The van der Waals surface area contributed by atoms with E-state index in [-0.39, 0.29) is 0 Å². The van der Waals surface area contributed by atoms with E-state index in [4.69, 9.17) is 16.3 Å². The highest BCUT2D eigenvalue weighted by Gasteiger charge is 2.16. The third kappa shape index (κ3) is 4.11. The minimum Gasteiger partial charge on any atom is -0.444 e. The molecule has 1 N–H and O–H groups in total. The second-order valence-electron chi connectivity index (χ2n) is 4.61. The van der Waals surface area contributed by atoms with Crippen molar-refractivity contribution in [1.29, 1.82) is 0 Å². The molecule has 0 unspecified atom stereocenters. The zero-order chi connectivity index (χ0) is 12.3. The normalized spacial score (nSPS) is 11.1. The Morgan fingerprint density at radius 3 is 2.56 bits per heavy atom. The Morgan fingerprint density at radius 1 is 1.38 bits per heavy atom. The van der Waals surface area contributed by atoms with Gasteiger partial charge >= 0.3 is 6.09 Å². The van der Waals surface area contributed by atoms with Gasteiger partial charge in [-0.3, -0.25) is 5.32 Å². The molecule has 0 aliphatic rings. The molecule has 0 saturated carbocycles. The van der Waals surface area contributed by atoms with Crippen molar-refractivity contribution in [2.75, 3.05) is 5.32 Å². The van der Waals surface area contributed by atoms with E-state index in [2.05, 4.69) is 5.32 Å². The van der Waals surface area contributed by atoms with Gasteiger partial charge in [0.1, 0.15) is 5.60 Å². The Balaban J connectivity index is 2.73. The second-order valence-corrected chi connectivity index (χ2v) is 5.02. The third-order valence-corrected chi connectivity index (χ3v) is 2.09. The van der Waals surface area contributed by atoms with Crippen LogP contribution in [0.15, 0.2) is 18.2 Å². The van der Waals surface area contributed by atoms with Crippen LogP contribution in [0.3, 0.4) is 0 Å². The molecule has 0 fully saturated rings. The fourth-order valence-corrected chi connectivity index (χ4v) is 1.31. The molecule has 0 heterocycles. The maximum atomic E-state index is 11.5. The van der Waals surface area contributed by atoms with Crippen molar-refractivity contribution in [2.24, 2.45) is 0 Å². The first-order chi connectivity index (χ1) is 7.28. The number of amides is 1. The van der Waals surface area contributed by atoms with Crippen LogP contribution in [0.4, 0.5) is 10.5 Å². The van der Waals surface area contributed by atoms with Gasteiger partial charge in [-0.25, -0.2) is 4.79 Å². The minimum absolute atomic E-state index is 0.497. The van der Waals surface area contributed by atoms with Crippen LogP contribution in [-0.4, -0.2) is 11.7 Å². The van der Waals surface area contributed by atoms with Crippen molar-refractivity contribution in [2.45, 2.75) is 33.3 Å². The van der Waals surface area contributed by atoms with Crippen molar-refractivity contribution >= 4 is 23.4 Å². The Labute approximate surface area is 101 Å². The lowest BCUT2D eigenvalue weighted by Gasteiger charge is -2.20. The molecule has 4 heteroatoms. The first-order valence-corrected chi connectivity index (χ1v) is 5.42. The molecule has 0 aromatic heterocycles. The SMILES string of the molecule is Cc1ccc(Cl)c(NC(=O)OC(C)(C)C)c1. The number of carbonyl (C=O) groups is 1. The van der Waals surface area contributed by atoms with Crippen molar-refractivity contribution in [1.82, 2.24) is 0 Å². The van der Waals surface area contributed by atoms with Gasteiger partial charge in [0.15, 0.2) is 0 Å². The number of ether oxygens (including phenoxy) is 1. The molecule has 0 spiro atoms. The number of hydrogen-bond acceptors (Lipinski definition) is 2. The smallest absolute Gasteiger partial charge is 0.412 e. The highest BCUT2D eigenvalue weighted by molar-refractivity contribution is 6.33. The first kappa shape index (κ1) is 12.8. The maximum Gasteiger partial charge on any atom is 0.412 e. The van der Waals surface area contributed by atoms with Crippen LogP contribution < -0.4 is 5.32 Å². The van der Waals surface area contributed by atoms with Crippen molar-refractivity contribution in [3.63, 3.8) is 0 Å². The molecular formula is C12H16ClNO2. The van der Waals surface area contributed by atoms with Gasteiger partial charge < -0.3 is 4.74 Å². The van der Waals surface area contributed by atoms with Crippen LogP contribution in [0.2, 0.25) is 5.02 Å². The van der Waals surface area contributed by atoms with Gasteiger partial charge in [0, 0.05) is 0 Å². The predicted molar refractivity (Wildman–Crippen MR) is 66.0 cm³/mol. The lowest BCUT2D eigenvalue weighted by molar-refractivity contribution is 0.0636. The fourth-order valence-electron chi connectivity index (χ4n) is 1.15. The number of aryl methyl sites for hydroxylation is 1. The highest BCUT2D eigenvalue weighted by Crippen LogP contribution is 2.23. The average Bonchev–Trinajstić information content (AvgIpc) is 2.08. The third-order valence-electron chi connectivity index (χ3n) is 1.76. The number of nitrogens with one attached hydrogen (secondary N) is 1. The summed E-state index contributed by atoms with van der Waals surface area (Å²) >= 11 is 5.94. The van der Waals surface area contributed by atoms with Crippen molar-refractivity contribution in [3.05, 3.63) is 28.8 Å². The predicted octanol–water partition coefficient (Wildman–Crippen LogP) is 4.00. The number of rotatable bonds is 1. The molecule has 0 saturated heterocycles. The highest BCUT2D eigenvalue weighted by atomic mass is 35.5. The minimum atomic E-state index is -0.514. The molecule has 0 bridgehead atoms. The van der Waals surface area contributed by atoms with Crippen LogP contribution in [0.25, 0.3) is 0 Å². The fraction of sp³-hybridized carbons (Fsp3) is 0.417. The standard InChI is InChI=1S/C12H16ClNO2/c1-8-5-6-9(13)10(7-8)14-11(15)16-12(2,3)4/h5-7H,1-4H3,(H,14,15). The lowest BCUT2D eigenvalue weighted by Crippen LogP contribution is -2.27. The van der Waals surface area contributed by atoms with E-state index in [1.807, 2.05) is 33.8 Å². The van der Waals surface area contributed by atoms with E-state index in [9.17, 15) is 4.79 Å². The summed E-state index contributed by atoms with van der Waals surface area (Å²) in [5, 5.41) is 3.11. The van der Waals surface area contributed by atoms with Gasteiger partial charge in [-0.05, 0) is 45.4 Å². The molecular weight excluding hydrogens is 226 g/mol. The zero-order valence-electron chi connectivity index (χ0n) is 9.93. The van der Waals surface area contributed by atoms with Gasteiger partial charge in [0.25, 0.3) is 0 Å². The molecule has 0 atom stereocenters. The van der Waals surface area contributed by atoms with Crippen LogP contribution >= 0.6 is 11.6 Å². The first-order valence-electron chi connectivity index (χ1n) is 5.04. The van der Waals surface area contributed by atoms with E-state index in [0.29, 0.717) is 10.7 Å². The molecule has 0 radical (unpaired) electrons. The summed E-state index contributed by atoms with van der Waals surface area (Å²) in [6, 6.07) is 5.42. The number of hydrogen-bond donors (Lipinski definition) is 1. The molecule has 3 nitrogen and oxygen atoms in total. The van der Waals surface area contributed by atoms with E-state index in [0.717, 1.165) is 5.56 Å². The molecule has 0 aliphatic heterocycles. The molecule has 1 rings (SSSR count). The monoisotopic (exact) mass is 241 g/mol. The number of halogens is 1. The molecule has 1 aromatic carbocycles. The van der Waals surface area contributed by atoms with Gasteiger partial charge in [0.2, 0.25) is 0 Å². The summed E-state index contributed by atoms with van der Waals surface area (Å²) in [4.78, 5) is 11.5. The van der Waals surface area contributed by atoms with Gasteiger partial charge in [-0.15, -0.1) is 0 Å².